The zero-order valence-electron chi connectivity index (χ0n) is 9.19. The summed E-state index contributed by atoms with van der Waals surface area (Å²) in [5.74, 6) is -0.151. The van der Waals surface area contributed by atoms with Crippen molar-refractivity contribution in [1.29, 1.82) is 0 Å². The molecule has 4 heteroatoms. The van der Waals surface area contributed by atoms with Crippen LogP contribution in [0.25, 0.3) is 0 Å². The summed E-state index contributed by atoms with van der Waals surface area (Å²) in [7, 11) is 0. The third-order valence-electron chi connectivity index (χ3n) is 3.14. The fourth-order valence-electron chi connectivity index (χ4n) is 2.35. The summed E-state index contributed by atoms with van der Waals surface area (Å²) < 4.78 is 13.6. The van der Waals surface area contributed by atoms with Crippen LogP contribution in [0, 0.1) is 5.82 Å². The molecule has 1 aromatic carbocycles. The molecule has 2 rings (SSSR count). The maximum Gasteiger partial charge on any atom is 0.128 e. The maximum atomic E-state index is 13.6. The maximum absolute atomic E-state index is 13.6. The molecule has 3 nitrogen and oxygen atoms in total. The number of nitrogens with zero attached hydrogens (tertiary/aromatic N) is 1. The molecule has 16 heavy (non-hydrogen) atoms. The van der Waals surface area contributed by atoms with Crippen LogP contribution in [0.15, 0.2) is 18.2 Å². The number of hydrogen-bond donors (Lipinski definition) is 2. The first-order valence-corrected chi connectivity index (χ1v) is 5.60. The fraction of sp³-hybridized carbons (Fsp3) is 0.500. The molecule has 1 heterocycles. The van der Waals surface area contributed by atoms with E-state index in [1.165, 1.54) is 6.07 Å². The van der Waals surface area contributed by atoms with Gasteiger partial charge >= 0.3 is 0 Å². The number of hydrogen-bond acceptors (Lipinski definition) is 3. The standard InChI is InChI=1S/C12H17FN2O/c13-11-4-1-3-9-10(11)8-15(5-2-6-16)12(9)7-14/h1,3-4,12,16H,2,5-8,14H2. The van der Waals surface area contributed by atoms with Crippen molar-refractivity contribution in [2.24, 2.45) is 5.73 Å². The third-order valence-corrected chi connectivity index (χ3v) is 3.14. The molecule has 0 radical (unpaired) electrons. The number of fused-ring (bicyclic) bond motifs is 1. The predicted molar refractivity (Wildman–Crippen MR) is 60.3 cm³/mol. The molecule has 1 unspecified atom stereocenters. The number of benzene rings is 1. The van der Waals surface area contributed by atoms with Crippen molar-refractivity contribution in [3.05, 3.63) is 35.1 Å². The molecular formula is C12H17FN2O. The highest BCUT2D eigenvalue weighted by Gasteiger charge is 2.30. The molecule has 88 valence electrons. The largest absolute Gasteiger partial charge is 0.396 e. The normalized spacial score (nSPS) is 20.1. The summed E-state index contributed by atoms with van der Waals surface area (Å²) in [6.07, 6.45) is 0.701. The SMILES string of the molecule is NCC1c2cccc(F)c2CN1CCCO. The monoisotopic (exact) mass is 224 g/mol. The lowest BCUT2D eigenvalue weighted by atomic mass is 10.0. The third kappa shape index (κ3) is 1.96. The summed E-state index contributed by atoms with van der Waals surface area (Å²) in [5, 5.41) is 8.83. The van der Waals surface area contributed by atoms with E-state index in [0.717, 1.165) is 17.7 Å². The molecule has 0 saturated heterocycles. The zero-order chi connectivity index (χ0) is 11.5. The van der Waals surface area contributed by atoms with Crippen molar-refractivity contribution in [3.63, 3.8) is 0 Å². The van der Waals surface area contributed by atoms with Crippen molar-refractivity contribution in [2.45, 2.75) is 19.0 Å². The van der Waals surface area contributed by atoms with Crippen LogP contribution >= 0.6 is 0 Å². The Bertz CT molecular complexity index is 370. The number of rotatable bonds is 4. The van der Waals surface area contributed by atoms with Gasteiger partial charge in [0, 0.05) is 37.8 Å². The van der Waals surface area contributed by atoms with E-state index in [-0.39, 0.29) is 18.5 Å². The summed E-state index contributed by atoms with van der Waals surface area (Å²) in [6, 6.07) is 5.25. The molecule has 0 aliphatic carbocycles. The average molecular weight is 224 g/mol. The van der Waals surface area contributed by atoms with Gasteiger partial charge in [-0.05, 0) is 18.1 Å². The summed E-state index contributed by atoms with van der Waals surface area (Å²) >= 11 is 0. The van der Waals surface area contributed by atoms with E-state index in [2.05, 4.69) is 4.90 Å². The van der Waals surface area contributed by atoms with Gasteiger partial charge in [0.05, 0.1) is 0 Å². The van der Waals surface area contributed by atoms with Gasteiger partial charge in [0.25, 0.3) is 0 Å². The van der Waals surface area contributed by atoms with Crippen LogP contribution in [0.5, 0.6) is 0 Å². The Morgan fingerprint density at radius 2 is 2.31 bits per heavy atom. The lowest BCUT2D eigenvalue weighted by Gasteiger charge is -2.23. The average Bonchev–Trinajstić information content (AvgIpc) is 2.65. The van der Waals surface area contributed by atoms with E-state index < -0.39 is 0 Å². The van der Waals surface area contributed by atoms with E-state index in [0.29, 0.717) is 19.5 Å². The minimum absolute atomic E-state index is 0.0947. The summed E-state index contributed by atoms with van der Waals surface area (Å²) in [5.41, 5.74) is 7.49. The number of aliphatic hydroxyl groups excluding tert-OH is 1. The van der Waals surface area contributed by atoms with Gasteiger partial charge in [-0.2, -0.15) is 0 Å². The molecule has 0 bridgehead atoms. The summed E-state index contributed by atoms with van der Waals surface area (Å²) in [4.78, 5) is 2.13. The Balaban J connectivity index is 2.22. The second-order valence-electron chi connectivity index (χ2n) is 4.11. The van der Waals surface area contributed by atoms with Gasteiger partial charge in [-0.3, -0.25) is 4.90 Å². The fourth-order valence-corrected chi connectivity index (χ4v) is 2.35. The number of halogens is 1. The van der Waals surface area contributed by atoms with Crippen molar-refractivity contribution >= 4 is 0 Å². The van der Waals surface area contributed by atoms with Crippen molar-refractivity contribution in [2.75, 3.05) is 19.7 Å². The summed E-state index contributed by atoms with van der Waals surface area (Å²) in [6.45, 7) is 2.00. The first-order chi connectivity index (χ1) is 7.77. The van der Waals surface area contributed by atoms with E-state index in [9.17, 15) is 4.39 Å². The van der Waals surface area contributed by atoms with Crippen LogP contribution in [0.4, 0.5) is 4.39 Å². The van der Waals surface area contributed by atoms with E-state index in [1.807, 2.05) is 6.07 Å². The molecule has 3 N–H and O–H groups in total. The van der Waals surface area contributed by atoms with Crippen LogP contribution in [-0.4, -0.2) is 29.7 Å². The molecule has 1 aromatic rings. The topological polar surface area (TPSA) is 49.5 Å². The highest BCUT2D eigenvalue weighted by molar-refractivity contribution is 5.35. The van der Waals surface area contributed by atoms with Crippen molar-refractivity contribution in [3.8, 4) is 0 Å². The van der Waals surface area contributed by atoms with Crippen LogP contribution in [0.1, 0.15) is 23.6 Å². The Morgan fingerprint density at radius 3 is 3.00 bits per heavy atom. The number of nitrogens with two attached hydrogens (primary N) is 1. The lowest BCUT2D eigenvalue weighted by Crippen LogP contribution is -2.29. The van der Waals surface area contributed by atoms with Gasteiger partial charge in [-0.1, -0.05) is 12.1 Å². The molecule has 0 fully saturated rings. The van der Waals surface area contributed by atoms with E-state index in [4.69, 9.17) is 10.8 Å². The van der Waals surface area contributed by atoms with E-state index >= 15 is 0 Å². The van der Waals surface area contributed by atoms with Crippen LogP contribution in [-0.2, 0) is 6.54 Å². The molecule has 0 saturated carbocycles. The molecule has 0 spiro atoms. The van der Waals surface area contributed by atoms with E-state index in [1.54, 1.807) is 6.07 Å². The van der Waals surface area contributed by atoms with Crippen molar-refractivity contribution in [1.82, 2.24) is 4.90 Å². The molecule has 1 atom stereocenters. The van der Waals surface area contributed by atoms with Gasteiger partial charge in [0.2, 0.25) is 0 Å². The molecular weight excluding hydrogens is 207 g/mol. The highest BCUT2D eigenvalue weighted by Crippen LogP contribution is 2.34. The molecule has 0 aromatic heterocycles. The van der Waals surface area contributed by atoms with Crippen LogP contribution < -0.4 is 5.73 Å². The highest BCUT2D eigenvalue weighted by atomic mass is 19.1. The quantitative estimate of drug-likeness (QED) is 0.803. The number of aliphatic hydroxyl groups is 1. The Kier molecular flexibility index (Phi) is 3.53. The van der Waals surface area contributed by atoms with Crippen molar-refractivity contribution < 1.29 is 9.50 Å². The van der Waals surface area contributed by atoms with Gasteiger partial charge in [0.1, 0.15) is 5.82 Å². The van der Waals surface area contributed by atoms with Gasteiger partial charge in [-0.15, -0.1) is 0 Å². The minimum Gasteiger partial charge on any atom is -0.396 e. The molecule has 1 aliphatic heterocycles. The lowest BCUT2D eigenvalue weighted by molar-refractivity contribution is 0.189. The van der Waals surface area contributed by atoms with Gasteiger partial charge < -0.3 is 10.8 Å². The molecule has 1 aliphatic rings. The first-order valence-electron chi connectivity index (χ1n) is 5.60. The Labute approximate surface area is 94.7 Å². The first kappa shape index (κ1) is 11.5. The Hall–Kier alpha value is -0.970. The molecule has 0 amide bonds. The smallest absolute Gasteiger partial charge is 0.128 e. The second-order valence-corrected chi connectivity index (χ2v) is 4.11. The van der Waals surface area contributed by atoms with Crippen LogP contribution in [0.3, 0.4) is 0 Å². The minimum atomic E-state index is -0.151. The Morgan fingerprint density at radius 1 is 1.50 bits per heavy atom. The van der Waals surface area contributed by atoms with Gasteiger partial charge in [0.15, 0.2) is 0 Å². The zero-order valence-corrected chi connectivity index (χ0v) is 9.19. The van der Waals surface area contributed by atoms with Crippen LogP contribution in [0.2, 0.25) is 0 Å². The van der Waals surface area contributed by atoms with Gasteiger partial charge in [-0.25, -0.2) is 4.39 Å². The second kappa shape index (κ2) is 4.91. The predicted octanol–water partition coefficient (Wildman–Crippen LogP) is 1.02.